The lowest BCUT2D eigenvalue weighted by Gasteiger charge is -2.38. The summed E-state index contributed by atoms with van der Waals surface area (Å²) in [7, 11) is 1.34. The number of ether oxygens (including phenoxy) is 3. The number of fused-ring (bicyclic) bond motifs is 2. The molecule has 2 unspecified atom stereocenters. The van der Waals surface area contributed by atoms with Gasteiger partial charge >= 0.3 is 5.97 Å². The molecule has 1 fully saturated rings. The number of methoxy groups -OCH3 is 1. The van der Waals surface area contributed by atoms with Gasteiger partial charge in [-0.25, -0.2) is 0 Å². The maximum absolute atomic E-state index is 12.5. The van der Waals surface area contributed by atoms with E-state index in [9.17, 15) is 14.4 Å². The van der Waals surface area contributed by atoms with Crippen LogP contribution in [0.15, 0.2) is 70.5 Å². The van der Waals surface area contributed by atoms with Gasteiger partial charge in [0.2, 0.25) is 0 Å². The number of hydrogen-bond acceptors (Lipinski definition) is 6. The molecule has 2 heterocycles. The van der Waals surface area contributed by atoms with Gasteiger partial charge in [-0.1, -0.05) is 18.2 Å². The van der Waals surface area contributed by atoms with Crippen molar-refractivity contribution in [3.8, 4) is 0 Å². The van der Waals surface area contributed by atoms with E-state index in [1.54, 1.807) is 12.2 Å². The molecule has 0 N–H and O–H groups in total. The maximum atomic E-state index is 12.5. The Kier molecular flexibility index (Phi) is 4.18. The number of ketones is 2. The van der Waals surface area contributed by atoms with Crippen molar-refractivity contribution in [2.75, 3.05) is 7.11 Å². The molecule has 0 bridgehead atoms. The molecule has 6 heteroatoms. The van der Waals surface area contributed by atoms with Gasteiger partial charge in [0, 0.05) is 18.6 Å². The second kappa shape index (κ2) is 6.54. The summed E-state index contributed by atoms with van der Waals surface area (Å²) in [6.45, 7) is 1.42. The van der Waals surface area contributed by atoms with Gasteiger partial charge in [0.25, 0.3) is 0 Å². The highest BCUT2D eigenvalue weighted by atomic mass is 16.5. The average Bonchev–Trinajstić information content (AvgIpc) is 2.60. The van der Waals surface area contributed by atoms with Crippen molar-refractivity contribution in [1.82, 2.24) is 0 Å². The summed E-state index contributed by atoms with van der Waals surface area (Å²) in [4.78, 5) is 35.7. The van der Waals surface area contributed by atoms with Crippen LogP contribution in [0.1, 0.15) is 19.8 Å². The zero-order valence-electron chi connectivity index (χ0n) is 15.0. The lowest BCUT2D eigenvalue weighted by molar-refractivity contribution is -0.143. The number of carbonyl (C=O) groups is 3. The Hall–Kier alpha value is -3.15. The molecule has 27 heavy (non-hydrogen) atoms. The fourth-order valence-corrected chi connectivity index (χ4v) is 3.72. The van der Waals surface area contributed by atoms with Gasteiger partial charge in [-0.15, -0.1) is 0 Å². The fourth-order valence-electron chi connectivity index (χ4n) is 3.72. The van der Waals surface area contributed by atoms with Crippen molar-refractivity contribution in [2.24, 2.45) is 5.92 Å². The summed E-state index contributed by atoms with van der Waals surface area (Å²) in [6.07, 6.45) is 10.3. The van der Waals surface area contributed by atoms with E-state index in [1.807, 2.05) is 12.2 Å². The minimum Gasteiger partial charge on any atom is -0.489 e. The first kappa shape index (κ1) is 17.3. The minimum atomic E-state index is -0.548. The second-order valence-corrected chi connectivity index (χ2v) is 6.76. The molecule has 0 aromatic carbocycles. The van der Waals surface area contributed by atoms with E-state index in [1.165, 1.54) is 26.2 Å². The predicted molar refractivity (Wildman–Crippen MR) is 94.9 cm³/mol. The molecule has 0 saturated carbocycles. The Bertz CT molecular complexity index is 938. The molecule has 2 aliphatic carbocycles. The topological polar surface area (TPSA) is 78.9 Å². The maximum Gasteiger partial charge on any atom is 0.309 e. The molecule has 138 valence electrons. The van der Waals surface area contributed by atoms with Gasteiger partial charge in [0.05, 0.1) is 19.1 Å². The summed E-state index contributed by atoms with van der Waals surface area (Å²) in [5.41, 5.74) is 2.52. The molecule has 0 radical (unpaired) electrons. The zero-order chi connectivity index (χ0) is 19.1. The first-order valence-electron chi connectivity index (χ1n) is 8.69. The molecule has 6 nitrogen and oxygen atoms in total. The van der Waals surface area contributed by atoms with Crippen molar-refractivity contribution in [3.05, 3.63) is 70.5 Å². The number of hydrogen-bond donors (Lipinski definition) is 0. The predicted octanol–water partition coefficient (Wildman–Crippen LogP) is 2.60. The van der Waals surface area contributed by atoms with Crippen molar-refractivity contribution in [2.45, 2.75) is 25.9 Å². The summed E-state index contributed by atoms with van der Waals surface area (Å²) in [5.74, 6) is 0.150. The smallest absolute Gasteiger partial charge is 0.309 e. The van der Waals surface area contributed by atoms with Gasteiger partial charge in [0.15, 0.2) is 11.6 Å². The molecule has 0 amide bonds. The van der Waals surface area contributed by atoms with E-state index >= 15 is 0 Å². The van der Waals surface area contributed by atoms with E-state index in [0.717, 1.165) is 16.7 Å². The molecular weight excluding hydrogens is 348 g/mol. The van der Waals surface area contributed by atoms with E-state index in [-0.39, 0.29) is 30.1 Å². The summed E-state index contributed by atoms with van der Waals surface area (Å²) in [5, 5.41) is 0. The van der Waals surface area contributed by atoms with Crippen molar-refractivity contribution < 1.29 is 28.6 Å². The number of allylic oxidation sites excluding steroid dienone is 8. The highest BCUT2D eigenvalue weighted by Gasteiger charge is 2.42. The standard InChI is InChI=1S/C21H18O6/c1-11(22)6-14-9-17-20-13(8-15(26-17)10-18(24)25-2)7-12-4-3-5-16(23)19(12)21(20)27-14/h3-7,9,15,19H,8,10H2,1-2H3/b14-6-. The van der Waals surface area contributed by atoms with E-state index in [0.29, 0.717) is 23.7 Å². The van der Waals surface area contributed by atoms with Crippen LogP contribution in [0.2, 0.25) is 0 Å². The quantitative estimate of drug-likeness (QED) is 0.564. The normalized spacial score (nSPS) is 26.8. The molecular formula is C21H18O6. The molecule has 2 atom stereocenters. The van der Waals surface area contributed by atoms with Gasteiger partial charge in [-0.3, -0.25) is 14.4 Å². The molecule has 0 aromatic rings. The largest absolute Gasteiger partial charge is 0.489 e. The lowest BCUT2D eigenvalue weighted by atomic mass is 9.76. The third-order valence-electron chi connectivity index (χ3n) is 4.79. The molecule has 2 aliphatic heterocycles. The highest BCUT2D eigenvalue weighted by molar-refractivity contribution is 5.99. The van der Waals surface area contributed by atoms with Gasteiger partial charge in [0.1, 0.15) is 29.3 Å². The Morgan fingerprint density at radius 1 is 1.33 bits per heavy atom. The van der Waals surface area contributed by atoms with Gasteiger partial charge in [-0.2, -0.15) is 0 Å². The summed E-state index contributed by atoms with van der Waals surface area (Å²) >= 11 is 0. The number of esters is 1. The number of rotatable bonds is 3. The lowest BCUT2D eigenvalue weighted by Crippen LogP contribution is -2.33. The third-order valence-corrected chi connectivity index (χ3v) is 4.79. The first-order valence-corrected chi connectivity index (χ1v) is 8.69. The van der Waals surface area contributed by atoms with Crippen LogP contribution in [-0.4, -0.2) is 30.7 Å². The Balaban J connectivity index is 1.80. The average molecular weight is 366 g/mol. The van der Waals surface area contributed by atoms with Crippen LogP contribution in [0.5, 0.6) is 0 Å². The van der Waals surface area contributed by atoms with Crippen LogP contribution in [0.25, 0.3) is 0 Å². The van der Waals surface area contributed by atoms with Crippen molar-refractivity contribution in [3.63, 3.8) is 0 Å². The highest BCUT2D eigenvalue weighted by Crippen LogP contribution is 2.48. The minimum absolute atomic E-state index is 0.0783. The Morgan fingerprint density at radius 3 is 2.89 bits per heavy atom. The van der Waals surface area contributed by atoms with Crippen LogP contribution in [-0.2, 0) is 28.6 Å². The zero-order valence-corrected chi connectivity index (χ0v) is 15.0. The monoisotopic (exact) mass is 366 g/mol. The van der Waals surface area contributed by atoms with E-state index < -0.39 is 5.92 Å². The second-order valence-electron chi connectivity index (χ2n) is 6.76. The van der Waals surface area contributed by atoms with E-state index in [4.69, 9.17) is 14.2 Å². The van der Waals surface area contributed by atoms with Gasteiger partial charge < -0.3 is 14.2 Å². The van der Waals surface area contributed by atoms with Crippen LogP contribution < -0.4 is 0 Å². The molecule has 4 aliphatic rings. The third kappa shape index (κ3) is 3.07. The van der Waals surface area contributed by atoms with Crippen LogP contribution in [0, 0.1) is 5.92 Å². The van der Waals surface area contributed by atoms with Gasteiger partial charge in [-0.05, 0) is 24.1 Å². The molecule has 4 rings (SSSR count). The molecule has 0 spiro atoms. The Morgan fingerprint density at radius 2 is 2.15 bits per heavy atom. The molecule has 1 saturated heterocycles. The van der Waals surface area contributed by atoms with Crippen molar-refractivity contribution >= 4 is 17.5 Å². The summed E-state index contributed by atoms with van der Waals surface area (Å²) < 4.78 is 16.7. The van der Waals surface area contributed by atoms with Crippen LogP contribution in [0.3, 0.4) is 0 Å². The fraction of sp³-hybridized carbons (Fsp3) is 0.286. The SMILES string of the molecule is COC(=O)CC1CC2=CC3=CC=CC(=O)C3C3=C2C(=C/C(=C/C(C)=O)O3)O1. The van der Waals surface area contributed by atoms with Crippen molar-refractivity contribution in [1.29, 1.82) is 0 Å². The van der Waals surface area contributed by atoms with Crippen LogP contribution in [0.4, 0.5) is 0 Å². The Labute approximate surface area is 156 Å². The molecule has 0 aromatic heterocycles. The summed E-state index contributed by atoms with van der Waals surface area (Å²) in [6, 6.07) is 0. The number of carbonyl (C=O) groups excluding carboxylic acids is 3. The first-order chi connectivity index (χ1) is 13.0. The van der Waals surface area contributed by atoms with E-state index in [2.05, 4.69) is 0 Å². The van der Waals surface area contributed by atoms with Crippen LogP contribution >= 0.6 is 0 Å².